The van der Waals surface area contributed by atoms with Crippen LogP contribution in [0.2, 0.25) is 0 Å². The summed E-state index contributed by atoms with van der Waals surface area (Å²) in [4.78, 5) is 4.42. The van der Waals surface area contributed by atoms with Gasteiger partial charge in [-0.05, 0) is 50.9 Å². The molecule has 1 saturated carbocycles. The van der Waals surface area contributed by atoms with Crippen LogP contribution in [0, 0.1) is 18.8 Å². The molecule has 2 heterocycles. The lowest BCUT2D eigenvalue weighted by Crippen LogP contribution is -2.46. The highest BCUT2D eigenvalue weighted by Gasteiger charge is 2.23. The van der Waals surface area contributed by atoms with Crippen LogP contribution in [0.4, 0.5) is 0 Å². The minimum absolute atomic E-state index is 0. The third-order valence-corrected chi connectivity index (χ3v) is 5.78. The molecule has 6 nitrogen and oxygen atoms in total. The zero-order valence-electron chi connectivity index (χ0n) is 15.8. The fraction of sp³-hybridized carbons (Fsp3) is 0.833. The Bertz CT molecular complexity index is 562. The van der Waals surface area contributed by atoms with Gasteiger partial charge in [-0.2, -0.15) is 0 Å². The first kappa shape index (κ1) is 20.5. The van der Waals surface area contributed by atoms with Crippen LogP contribution in [0.5, 0.6) is 0 Å². The Hall–Kier alpha value is -0.860. The summed E-state index contributed by atoms with van der Waals surface area (Å²) >= 11 is 0. The van der Waals surface area contributed by atoms with Crippen molar-refractivity contribution in [2.45, 2.75) is 71.4 Å². The van der Waals surface area contributed by atoms with Crippen molar-refractivity contribution in [3.63, 3.8) is 0 Å². The zero-order valence-corrected chi connectivity index (χ0v) is 18.1. The van der Waals surface area contributed by atoms with E-state index < -0.39 is 0 Å². The second-order valence-corrected chi connectivity index (χ2v) is 7.40. The van der Waals surface area contributed by atoms with Crippen LogP contribution in [0.1, 0.15) is 57.1 Å². The van der Waals surface area contributed by atoms with Gasteiger partial charge in [0.25, 0.3) is 0 Å². The molecule has 1 aliphatic carbocycles. The van der Waals surface area contributed by atoms with Crippen molar-refractivity contribution in [2.75, 3.05) is 13.6 Å². The Morgan fingerprint density at radius 1 is 1.16 bits per heavy atom. The van der Waals surface area contributed by atoms with Crippen molar-refractivity contribution in [2.24, 2.45) is 16.8 Å². The molecule has 2 aliphatic rings. The molecule has 0 aromatic carbocycles. The van der Waals surface area contributed by atoms with Crippen LogP contribution < -0.4 is 10.6 Å². The van der Waals surface area contributed by atoms with E-state index in [2.05, 4.69) is 37.3 Å². The van der Waals surface area contributed by atoms with Gasteiger partial charge in [0.1, 0.15) is 11.6 Å². The normalized spacial score (nSPS) is 26.5. The lowest BCUT2D eigenvalue weighted by atomic mass is 9.84. The monoisotopic (exact) mass is 460 g/mol. The second-order valence-electron chi connectivity index (χ2n) is 7.40. The third-order valence-electron chi connectivity index (χ3n) is 5.78. The van der Waals surface area contributed by atoms with Crippen molar-refractivity contribution < 1.29 is 0 Å². The maximum Gasteiger partial charge on any atom is 0.191 e. The van der Waals surface area contributed by atoms with Crippen LogP contribution >= 0.6 is 24.0 Å². The van der Waals surface area contributed by atoms with Gasteiger partial charge in [-0.3, -0.25) is 4.99 Å². The molecule has 0 radical (unpaired) electrons. The van der Waals surface area contributed by atoms with Crippen LogP contribution in [0.3, 0.4) is 0 Å². The first-order chi connectivity index (χ1) is 11.7. The Kier molecular flexibility index (Phi) is 7.96. The molecule has 142 valence electrons. The van der Waals surface area contributed by atoms with E-state index in [9.17, 15) is 0 Å². The quantitative estimate of drug-likeness (QED) is 0.412. The summed E-state index contributed by atoms with van der Waals surface area (Å²) in [7, 11) is 1.87. The van der Waals surface area contributed by atoms with Crippen LogP contribution in [0.25, 0.3) is 0 Å². The molecule has 1 aromatic rings. The molecule has 1 aromatic heterocycles. The highest BCUT2D eigenvalue weighted by molar-refractivity contribution is 14.0. The smallest absolute Gasteiger partial charge is 0.191 e. The van der Waals surface area contributed by atoms with E-state index in [4.69, 9.17) is 0 Å². The fourth-order valence-electron chi connectivity index (χ4n) is 4.04. The maximum atomic E-state index is 4.42. The van der Waals surface area contributed by atoms with Gasteiger partial charge in [-0.1, -0.05) is 13.3 Å². The molecule has 0 bridgehead atoms. The Labute approximate surface area is 168 Å². The molecule has 1 fully saturated rings. The molecule has 7 heteroatoms. The minimum Gasteiger partial charge on any atom is -0.356 e. The van der Waals surface area contributed by atoms with Gasteiger partial charge in [0.15, 0.2) is 5.96 Å². The van der Waals surface area contributed by atoms with Gasteiger partial charge in [-0.15, -0.1) is 34.2 Å². The average molecular weight is 460 g/mol. The molecule has 3 rings (SSSR count). The predicted molar refractivity (Wildman–Crippen MR) is 113 cm³/mol. The lowest BCUT2D eigenvalue weighted by Gasteiger charge is -2.30. The van der Waals surface area contributed by atoms with Gasteiger partial charge in [-0.25, -0.2) is 0 Å². The summed E-state index contributed by atoms with van der Waals surface area (Å²) in [5.74, 6) is 4.67. The number of hydrogen-bond donors (Lipinski definition) is 2. The second kappa shape index (κ2) is 9.73. The van der Waals surface area contributed by atoms with Gasteiger partial charge >= 0.3 is 0 Å². The highest BCUT2D eigenvalue weighted by atomic mass is 127. The Balaban J connectivity index is 0.00000225. The largest absolute Gasteiger partial charge is 0.356 e. The standard InChI is InChI=1S/C18H32N6.HI/c1-4-14-5-8-16(9-6-14)21-18(19-3)20-11-15-7-10-17-23-22-13(2)24(17)12-15;/h14-16H,4-12H2,1-3H3,(H2,19,20,21);1H. The van der Waals surface area contributed by atoms with Gasteiger partial charge < -0.3 is 15.2 Å². The van der Waals surface area contributed by atoms with Crippen molar-refractivity contribution >= 4 is 29.9 Å². The van der Waals surface area contributed by atoms with E-state index in [1.54, 1.807) is 0 Å². The van der Waals surface area contributed by atoms with Crippen LogP contribution in [0.15, 0.2) is 4.99 Å². The molecular formula is C18H33IN6. The number of halogens is 1. The van der Waals surface area contributed by atoms with E-state index in [0.29, 0.717) is 12.0 Å². The van der Waals surface area contributed by atoms with Gasteiger partial charge in [0.2, 0.25) is 0 Å². The molecule has 1 unspecified atom stereocenters. The first-order valence-electron chi connectivity index (χ1n) is 9.55. The van der Waals surface area contributed by atoms with Crippen LogP contribution in [-0.2, 0) is 13.0 Å². The number of rotatable bonds is 4. The highest BCUT2D eigenvalue weighted by Crippen LogP contribution is 2.26. The van der Waals surface area contributed by atoms with E-state index >= 15 is 0 Å². The lowest BCUT2D eigenvalue weighted by molar-refractivity contribution is 0.302. The summed E-state index contributed by atoms with van der Waals surface area (Å²) < 4.78 is 2.26. The van der Waals surface area contributed by atoms with E-state index in [-0.39, 0.29) is 24.0 Å². The van der Waals surface area contributed by atoms with Crippen molar-refractivity contribution in [1.29, 1.82) is 0 Å². The molecular weight excluding hydrogens is 427 g/mol. The van der Waals surface area contributed by atoms with Crippen molar-refractivity contribution in [1.82, 2.24) is 25.4 Å². The number of guanidine groups is 1. The van der Waals surface area contributed by atoms with Gasteiger partial charge in [0, 0.05) is 32.6 Å². The topological polar surface area (TPSA) is 67.1 Å². The number of aryl methyl sites for hydroxylation is 2. The molecule has 0 spiro atoms. The zero-order chi connectivity index (χ0) is 16.9. The molecule has 2 N–H and O–H groups in total. The Morgan fingerprint density at radius 3 is 2.60 bits per heavy atom. The van der Waals surface area contributed by atoms with Crippen molar-refractivity contribution in [3.05, 3.63) is 11.6 Å². The summed E-state index contributed by atoms with van der Waals surface area (Å²) in [6, 6.07) is 0.581. The molecule has 0 amide bonds. The predicted octanol–water partition coefficient (Wildman–Crippen LogP) is 2.90. The van der Waals surface area contributed by atoms with Crippen LogP contribution in [-0.4, -0.2) is 40.4 Å². The number of nitrogens with one attached hydrogen (secondary N) is 2. The summed E-state index contributed by atoms with van der Waals surface area (Å²) in [5.41, 5.74) is 0. The number of fused-ring (bicyclic) bond motifs is 1. The molecule has 0 saturated heterocycles. The number of hydrogen-bond acceptors (Lipinski definition) is 3. The average Bonchev–Trinajstić information content (AvgIpc) is 2.99. The number of aromatic nitrogens is 3. The molecule has 1 atom stereocenters. The van der Waals surface area contributed by atoms with E-state index in [1.807, 2.05) is 14.0 Å². The summed E-state index contributed by atoms with van der Waals surface area (Å²) in [6.07, 6.45) is 8.76. The molecule has 25 heavy (non-hydrogen) atoms. The van der Waals surface area contributed by atoms with Gasteiger partial charge in [0.05, 0.1) is 0 Å². The maximum absolute atomic E-state index is 4.42. The molecule has 1 aliphatic heterocycles. The third kappa shape index (κ3) is 5.31. The van der Waals surface area contributed by atoms with E-state index in [0.717, 1.165) is 43.0 Å². The number of nitrogens with zero attached hydrogens (tertiary/aromatic N) is 4. The fourth-order valence-corrected chi connectivity index (χ4v) is 4.04. The van der Waals surface area contributed by atoms with E-state index in [1.165, 1.54) is 38.5 Å². The van der Waals surface area contributed by atoms with Crippen molar-refractivity contribution in [3.8, 4) is 0 Å². The minimum atomic E-state index is 0. The SMILES string of the molecule is CCC1CCC(NC(=NC)NCC2CCc3nnc(C)n3C2)CC1.I. The first-order valence-corrected chi connectivity index (χ1v) is 9.55. The Morgan fingerprint density at radius 2 is 1.92 bits per heavy atom. The summed E-state index contributed by atoms with van der Waals surface area (Å²) in [6.45, 7) is 6.33. The summed E-state index contributed by atoms with van der Waals surface area (Å²) in [5, 5.41) is 15.6. The number of aliphatic imine (C=N–C) groups is 1.